The molecule has 2 heterocycles. The van der Waals surface area contributed by atoms with Crippen LogP contribution >= 0.6 is 0 Å². The third kappa shape index (κ3) is 2.29. The quantitative estimate of drug-likeness (QED) is 0.865. The van der Waals surface area contributed by atoms with E-state index >= 15 is 0 Å². The molecule has 0 radical (unpaired) electrons. The number of nitrogens with zero attached hydrogens (tertiary/aromatic N) is 3. The second-order valence-electron chi connectivity index (χ2n) is 6.14. The Kier molecular flexibility index (Phi) is 3.58. The molecule has 2 aliphatic rings. The highest BCUT2D eigenvalue weighted by Gasteiger charge is 2.39. The van der Waals surface area contributed by atoms with Crippen LogP contribution in [0.25, 0.3) is 11.4 Å². The molecule has 1 aliphatic heterocycles. The van der Waals surface area contributed by atoms with Crippen molar-refractivity contribution in [1.82, 2.24) is 15.0 Å². The summed E-state index contributed by atoms with van der Waals surface area (Å²) < 4.78 is 10.9. The van der Waals surface area contributed by atoms with Gasteiger partial charge in [0.05, 0.1) is 18.7 Å². The van der Waals surface area contributed by atoms with Crippen LogP contribution in [0, 0.1) is 0 Å². The SMILES string of the molecule is COc1ccccc1-c1noc(C2CCN2C2CCCC2)n1. The molecule has 0 amide bonds. The molecule has 0 spiro atoms. The summed E-state index contributed by atoms with van der Waals surface area (Å²) in [6, 6.07) is 8.79. The lowest BCUT2D eigenvalue weighted by Gasteiger charge is -2.42. The minimum Gasteiger partial charge on any atom is -0.496 e. The smallest absolute Gasteiger partial charge is 0.244 e. The molecule has 1 aromatic heterocycles. The first kappa shape index (κ1) is 13.8. The van der Waals surface area contributed by atoms with Gasteiger partial charge in [-0.1, -0.05) is 30.1 Å². The van der Waals surface area contributed by atoms with E-state index in [0.717, 1.165) is 30.2 Å². The van der Waals surface area contributed by atoms with Crippen molar-refractivity contribution >= 4 is 0 Å². The summed E-state index contributed by atoms with van der Waals surface area (Å²) in [6.07, 6.45) is 6.44. The van der Waals surface area contributed by atoms with Gasteiger partial charge in [-0.05, 0) is 31.4 Å². The van der Waals surface area contributed by atoms with Gasteiger partial charge in [0.1, 0.15) is 5.75 Å². The predicted molar refractivity (Wildman–Crippen MR) is 82.6 cm³/mol. The summed E-state index contributed by atoms with van der Waals surface area (Å²) in [5, 5.41) is 4.17. The maximum absolute atomic E-state index is 5.55. The van der Waals surface area contributed by atoms with Gasteiger partial charge in [-0.25, -0.2) is 0 Å². The lowest BCUT2D eigenvalue weighted by molar-refractivity contribution is 0.0224. The predicted octanol–water partition coefficient (Wildman–Crippen LogP) is 3.43. The second-order valence-corrected chi connectivity index (χ2v) is 6.14. The van der Waals surface area contributed by atoms with E-state index in [2.05, 4.69) is 15.0 Å². The summed E-state index contributed by atoms with van der Waals surface area (Å²) >= 11 is 0. The highest BCUT2D eigenvalue weighted by Crippen LogP contribution is 2.39. The molecule has 1 unspecified atom stereocenters. The van der Waals surface area contributed by atoms with E-state index in [4.69, 9.17) is 9.26 Å². The lowest BCUT2D eigenvalue weighted by Crippen LogP contribution is -2.46. The van der Waals surface area contributed by atoms with E-state index in [1.165, 1.54) is 25.7 Å². The molecular formula is C17H21N3O2. The van der Waals surface area contributed by atoms with E-state index < -0.39 is 0 Å². The van der Waals surface area contributed by atoms with Gasteiger partial charge in [0.25, 0.3) is 0 Å². The number of hydrogen-bond donors (Lipinski definition) is 0. The molecule has 4 rings (SSSR count). The van der Waals surface area contributed by atoms with Crippen LogP contribution in [0.4, 0.5) is 0 Å². The molecule has 5 nitrogen and oxygen atoms in total. The summed E-state index contributed by atoms with van der Waals surface area (Å²) in [7, 11) is 1.66. The summed E-state index contributed by atoms with van der Waals surface area (Å²) in [5.74, 6) is 2.14. The molecule has 1 aromatic carbocycles. The average molecular weight is 299 g/mol. The number of rotatable bonds is 4. The third-order valence-electron chi connectivity index (χ3n) is 4.93. The van der Waals surface area contributed by atoms with Crippen LogP contribution in [0.3, 0.4) is 0 Å². The summed E-state index contributed by atoms with van der Waals surface area (Å²) in [5.41, 5.74) is 0.881. The fraction of sp³-hybridized carbons (Fsp3) is 0.529. The number of hydrogen-bond acceptors (Lipinski definition) is 5. The van der Waals surface area contributed by atoms with Gasteiger partial charge in [0.15, 0.2) is 0 Å². The van der Waals surface area contributed by atoms with Crippen molar-refractivity contribution in [2.75, 3.05) is 13.7 Å². The summed E-state index contributed by atoms with van der Waals surface area (Å²) in [6.45, 7) is 1.15. The van der Waals surface area contributed by atoms with Gasteiger partial charge in [-0.3, -0.25) is 4.90 Å². The Labute approximate surface area is 130 Å². The molecule has 1 saturated heterocycles. The monoisotopic (exact) mass is 299 g/mol. The van der Waals surface area contributed by atoms with Gasteiger partial charge in [-0.2, -0.15) is 4.98 Å². The van der Waals surface area contributed by atoms with E-state index in [-0.39, 0.29) is 0 Å². The number of ether oxygens (including phenoxy) is 1. The lowest BCUT2D eigenvalue weighted by atomic mass is 9.98. The van der Waals surface area contributed by atoms with Crippen molar-refractivity contribution in [2.24, 2.45) is 0 Å². The van der Waals surface area contributed by atoms with Crippen molar-refractivity contribution in [3.8, 4) is 17.1 Å². The van der Waals surface area contributed by atoms with Gasteiger partial charge >= 0.3 is 0 Å². The Morgan fingerprint density at radius 2 is 2.00 bits per heavy atom. The van der Waals surface area contributed by atoms with Crippen LogP contribution in [0.1, 0.15) is 44.0 Å². The number of benzene rings is 1. The number of aromatic nitrogens is 2. The topological polar surface area (TPSA) is 51.4 Å². The van der Waals surface area contributed by atoms with E-state index in [1.807, 2.05) is 24.3 Å². The highest BCUT2D eigenvalue weighted by molar-refractivity contribution is 5.63. The zero-order valence-corrected chi connectivity index (χ0v) is 12.9. The molecule has 1 saturated carbocycles. The first-order valence-electron chi connectivity index (χ1n) is 8.09. The average Bonchev–Trinajstić information content (AvgIpc) is 3.18. The maximum atomic E-state index is 5.55. The molecule has 0 N–H and O–H groups in total. The zero-order valence-electron chi connectivity index (χ0n) is 12.9. The zero-order chi connectivity index (χ0) is 14.9. The molecule has 2 aromatic rings. The Hall–Kier alpha value is -1.88. The number of para-hydroxylation sites is 1. The highest BCUT2D eigenvalue weighted by atomic mass is 16.5. The maximum Gasteiger partial charge on any atom is 0.244 e. The van der Waals surface area contributed by atoms with Gasteiger partial charge in [-0.15, -0.1) is 0 Å². The number of methoxy groups -OCH3 is 1. The molecule has 5 heteroatoms. The van der Waals surface area contributed by atoms with Crippen LogP contribution < -0.4 is 4.74 Å². The molecule has 116 valence electrons. The molecule has 1 aliphatic carbocycles. The first-order chi connectivity index (χ1) is 10.9. The minimum atomic E-state index is 0.305. The van der Waals surface area contributed by atoms with Crippen LogP contribution in [-0.4, -0.2) is 34.7 Å². The summed E-state index contributed by atoms with van der Waals surface area (Å²) in [4.78, 5) is 7.17. The van der Waals surface area contributed by atoms with Crippen LogP contribution in [0.2, 0.25) is 0 Å². The van der Waals surface area contributed by atoms with Crippen molar-refractivity contribution in [3.05, 3.63) is 30.2 Å². The Morgan fingerprint density at radius 1 is 1.18 bits per heavy atom. The molecule has 2 fully saturated rings. The van der Waals surface area contributed by atoms with Crippen molar-refractivity contribution in [2.45, 2.75) is 44.2 Å². The Morgan fingerprint density at radius 3 is 2.73 bits per heavy atom. The van der Waals surface area contributed by atoms with E-state index in [1.54, 1.807) is 7.11 Å². The van der Waals surface area contributed by atoms with Crippen LogP contribution in [-0.2, 0) is 0 Å². The molecule has 22 heavy (non-hydrogen) atoms. The van der Waals surface area contributed by atoms with Crippen LogP contribution in [0.15, 0.2) is 28.8 Å². The molecular weight excluding hydrogens is 278 g/mol. The van der Waals surface area contributed by atoms with Gasteiger partial charge in [0.2, 0.25) is 11.7 Å². The van der Waals surface area contributed by atoms with Crippen molar-refractivity contribution < 1.29 is 9.26 Å². The third-order valence-corrected chi connectivity index (χ3v) is 4.93. The van der Waals surface area contributed by atoms with Crippen molar-refractivity contribution in [3.63, 3.8) is 0 Å². The fourth-order valence-electron chi connectivity index (χ4n) is 3.65. The van der Waals surface area contributed by atoms with Gasteiger partial charge in [0, 0.05) is 12.6 Å². The standard InChI is InChI=1S/C17H21N3O2/c1-21-15-9-5-4-8-13(15)16-18-17(22-19-16)14-10-11-20(14)12-6-2-3-7-12/h4-5,8-9,12,14H,2-3,6-7,10-11H2,1H3. The van der Waals surface area contributed by atoms with Crippen molar-refractivity contribution in [1.29, 1.82) is 0 Å². The number of likely N-dealkylation sites (tertiary alicyclic amines) is 1. The Bertz CT molecular complexity index is 649. The molecule has 1 atom stereocenters. The van der Waals surface area contributed by atoms with E-state index in [9.17, 15) is 0 Å². The first-order valence-corrected chi connectivity index (χ1v) is 8.09. The van der Waals surface area contributed by atoms with Crippen LogP contribution in [0.5, 0.6) is 5.75 Å². The molecule has 0 bridgehead atoms. The fourth-order valence-corrected chi connectivity index (χ4v) is 3.65. The van der Waals surface area contributed by atoms with E-state index in [0.29, 0.717) is 17.9 Å². The Balaban J connectivity index is 1.56. The largest absolute Gasteiger partial charge is 0.496 e. The normalized spacial score (nSPS) is 22.7. The minimum absolute atomic E-state index is 0.305. The van der Waals surface area contributed by atoms with Gasteiger partial charge < -0.3 is 9.26 Å². The second kappa shape index (κ2) is 5.72.